The van der Waals surface area contributed by atoms with E-state index in [1.807, 2.05) is 23.6 Å². The van der Waals surface area contributed by atoms with Crippen molar-refractivity contribution in [3.8, 4) is 0 Å². The highest BCUT2D eigenvalue weighted by Gasteiger charge is 2.00. The van der Waals surface area contributed by atoms with E-state index in [9.17, 15) is 0 Å². The van der Waals surface area contributed by atoms with E-state index in [2.05, 4.69) is 5.32 Å². The first-order valence-corrected chi connectivity index (χ1v) is 6.58. The monoisotopic (exact) mass is 291 g/mol. The van der Waals surface area contributed by atoms with Crippen LogP contribution in [-0.2, 0) is 6.54 Å². The molecule has 0 saturated carbocycles. The maximum absolute atomic E-state index is 5.89. The van der Waals surface area contributed by atoms with Gasteiger partial charge in [-0.1, -0.05) is 34.8 Å². The molecule has 0 bridgehead atoms. The SMILES string of the molecule is Clc1cc(Cl)cc(NCc2cc(Cl)cs2)c1. The minimum atomic E-state index is 0.624. The zero-order valence-electron chi connectivity index (χ0n) is 8.14. The van der Waals surface area contributed by atoms with Crippen LogP contribution in [0.5, 0.6) is 0 Å². The van der Waals surface area contributed by atoms with Crippen LogP contribution in [0.3, 0.4) is 0 Å². The van der Waals surface area contributed by atoms with Gasteiger partial charge in [0, 0.05) is 32.5 Å². The van der Waals surface area contributed by atoms with E-state index in [0.29, 0.717) is 16.6 Å². The molecule has 0 aliphatic carbocycles. The molecule has 1 nitrogen and oxygen atoms in total. The summed E-state index contributed by atoms with van der Waals surface area (Å²) >= 11 is 19.2. The van der Waals surface area contributed by atoms with Crippen molar-refractivity contribution in [2.24, 2.45) is 0 Å². The average molecular weight is 293 g/mol. The molecule has 0 amide bonds. The number of anilines is 1. The van der Waals surface area contributed by atoms with Crippen molar-refractivity contribution in [3.63, 3.8) is 0 Å². The van der Waals surface area contributed by atoms with Crippen molar-refractivity contribution < 1.29 is 0 Å². The van der Waals surface area contributed by atoms with E-state index >= 15 is 0 Å². The quantitative estimate of drug-likeness (QED) is 0.807. The number of hydrogen-bond donors (Lipinski definition) is 1. The molecule has 1 aromatic heterocycles. The zero-order chi connectivity index (χ0) is 11.5. The fraction of sp³-hybridized carbons (Fsp3) is 0.0909. The molecular formula is C11H8Cl3NS. The van der Waals surface area contributed by atoms with Gasteiger partial charge in [-0.2, -0.15) is 0 Å². The van der Waals surface area contributed by atoms with Crippen LogP contribution in [0.1, 0.15) is 4.88 Å². The van der Waals surface area contributed by atoms with Gasteiger partial charge in [0.2, 0.25) is 0 Å². The Morgan fingerprint density at radius 2 is 1.62 bits per heavy atom. The van der Waals surface area contributed by atoms with Crippen molar-refractivity contribution in [1.29, 1.82) is 0 Å². The second-order valence-electron chi connectivity index (χ2n) is 3.24. The summed E-state index contributed by atoms with van der Waals surface area (Å²) < 4.78 is 0. The molecule has 0 aliphatic rings. The number of benzene rings is 1. The van der Waals surface area contributed by atoms with Gasteiger partial charge in [0.25, 0.3) is 0 Å². The van der Waals surface area contributed by atoms with Crippen LogP contribution in [0.2, 0.25) is 15.1 Å². The lowest BCUT2D eigenvalue weighted by molar-refractivity contribution is 1.19. The Hall–Kier alpha value is -0.410. The summed E-state index contributed by atoms with van der Waals surface area (Å²) in [5, 5.41) is 7.16. The lowest BCUT2D eigenvalue weighted by atomic mass is 10.3. The Morgan fingerprint density at radius 3 is 2.19 bits per heavy atom. The summed E-state index contributed by atoms with van der Waals surface area (Å²) in [5.41, 5.74) is 0.905. The molecule has 1 N–H and O–H groups in total. The molecule has 16 heavy (non-hydrogen) atoms. The highest BCUT2D eigenvalue weighted by atomic mass is 35.5. The molecule has 2 aromatic rings. The summed E-state index contributed by atoms with van der Waals surface area (Å²) in [5.74, 6) is 0. The van der Waals surface area contributed by atoms with Crippen molar-refractivity contribution in [1.82, 2.24) is 0 Å². The van der Waals surface area contributed by atoms with E-state index in [0.717, 1.165) is 10.7 Å². The number of rotatable bonds is 3. The summed E-state index contributed by atoms with van der Waals surface area (Å²) in [6.45, 7) is 0.716. The maximum atomic E-state index is 5.89. The minimum absolute atomic E-state index is 0.624. The Bertz CT molecular complexity index is 475. The van der Waals surface area contributed by atoms with E-state index in [1.54, 1.807) is 17.4 Å². The normalized spacial score (nSPS) is 10.4. The molecular weight excluding hydrogens is 285 g/mol. The van der Waals surface area contributed by atoms with Gasteiger partial charge in [-0.3, -0.25) is 0 Å². The van der Waals surface area contributed by atoms with Crippen molar-refractivity contribution in [2.75, 3.05) is 5.32 Å². The highest BCUT2D eigenvalue weighted by Crippen LogP contribution is 2.24. The molecule has 0 atom stereocenters. The summed E-state index contributed by atoms with van der Waals surface area (Å²) in [6.07, 6.45) is 0. The van der Waals surface area contributed by atoms with Crippen LogP contribution in [0.25, 0.3) is 0 Å². The van der Waals surface area contributed by atoms with Crippen LogP contribution in [0.15, 0.2) is 29.6 Å². The zero-order valence-corrected chi connectivity index (χ0v) is 11.2. The summed E-state index contributed by atoms with van der Waals surface area (Å²) in [6, 6.07) is 7.31. The predicted octanol–water partition coefficient (Wildman–Crippen LogP) is 5.32. The second kappa shape index (κ2) is 5.28. The summed E-state index contributed by atoms with van der Waals surface area (Å²) in [4.78, 5) is 1.17. The maximum Gasteiger partial charge on any atom is 0.0516 e. The van der Waals surface area contributed by atoms with Crippen LogP contribution in [0, 0.1) is 0 Å². The van der Waals surface area contributed by atoms with Crippen molar-refractivity contribution in [3.05, 3.63) is 49.6 Å². The first-order valence-electron chi connectivity index (χ1n) is 4.56. The van der Waals surface area contributed by atoms with Gasteiger partial charge in [-0.25, -0.2) is 0 Å². The third-order valence-electron chi connectivity index (χ3n) is 1.95. The number of halogens is 3. The molecule has 1 heterocycles. The average Bonchev–Trinajstić information content (AvgIpc) is 2.60. The fourth-order valence-corrected chi connectivity index (χ4v) is 2.83. The van der Waals surface area contributed by atoms with Crippen molar-refractivity contribution >= 4 is 51.8 Å². The third kappa shape index (κ3) is 3.29. The fourth-order valence-electron chi connectivity index (χ4n) is 1.29. The molecule has 0 unspecified atom stereocenters. The minimum Gasteiger partial charge on any atom is -0.380 e. The van der Waals surface area contributed by atoms with E-state index in [4.69, 9.17) is 34.8 Å². The van der Waals surface area contributed by atoms with Gasteiger partial charge in [0.1, 0.15) is 0 Å². The Balaban J connectivity index is 2.04. The standard InChI is InChI=1S/C11H8Cl3NS/c12-7-1-8(13)3-10(2-7)15-5-11-4-9(14)6-16-11/h1-4,6,15H,5H2. The Kier molecular flexibility index (Phi) is 3.98. The Morgan fingerprint density at radius 1 is 0.938 bits per heavy atom. The van der Waals surface area contributed by atoms with E-state index in [-0.39, 0.29) is 0 Å². The van der Waals surface area contributed by atoms with Gasteiger partial charge in [-0.15, -0.1) is 11.3 Å². The molecule has 84 valence electrons. The smallest absolute Gasteiger partial charge is 0.0516 e. The van der Waals surface area contributed by atoms with E-state index < -0.39 is 0 Å². The molecule has 2 rings (SSSR count). The number of thiophene rings is 1. The lowest BCUT2D eigenvalue weighted by Gasteiger charge is -2.05. The molecule has 1 aromatic carbocycles. The molecule has 0 fully saturated rings. The van der Waals surface area contributed by atoms with Gasteiger partial charge in [0.05, 0.1) is 5.02 Å². The first-order chi connectivity index (χ1) is 7.63. The van der Waals surface area contributed by atoms with Gasteiger partial charge >= 0.3 is 0 Å². The molecule has 0 saturated heterocycles. The van der Waals surface area contributed by atoms with E-state index in [1.165, 1.54) is 4.88 Å². The molecule has 0 spiro atoms. The number of nitrogens with one attached hydrogen (secondary N) is 1. The van der Waals surface area contributed by atoms with Gasteiger partial charge < -0.3 is 5.32 Å². The van der Waals surface area contributed by atoms with Crippen LogP contribution < -0.4 is 5.32 Å². The van der Waals surface area contributed by atoms with Crippen LogP contribution in [0.4, 0.5) is 5.69 Å². The van der Waals surface area contributed by atoms with Crippen LogP contribution >= 0.6 is 46.1 Å². The molecule has 0 radical (unpaired) electrons. The second-order valence-corrected chi connectivity index (χ2v) is 5.55. The van der Waals surface area contributed by atoms with Crippen molar-refractivity contribution in [2.45, 2.75) is 6.54 Å². The largest absolute Gasteiger partial charge is 0.380 e. The molecule has 5 heteroatoms. The van der Waals surface area contributed by atoms with Crippen LogP contribution in [-0.4, -0.2) is 0 Å². The van der Waals surface area contributed by atoms with Gasteiger partial charge in [-0.05, 0) is 24.3 Å². The number of hydrogen-bond acceptors (Lipinski definition) is 2. The summed E-state index contributed by atoms with van der Waals surface area (Å²) in [7, 11) is 0. The molecule has 0 aliphatic heterocycles. The van der Waals surface area contributed by atoms with Gasteiger partial charge in [0.15, 0.2) is 0 Å². The third-order valence-corrected chi connectivity index (χ3v) is 3.67. The highest BCUT2D eigenvalue weighted by molar-refractivity contribution is 7.10. The Labute approximate surface area is 113 Å². The lowest BCUT2D eigenvalue weighted by Crippen LogP contribution is -1.96. The topological polar surface area (TPSA) is 12.0 Å². The first kappa shape index (κ1) is 12.1. The predicted molar refractivity (Wildman–Crippen MR) is 73.1 cm³/mol.